The molecule has 3 aromatic rings. The smallest absolute Gasteiger partial charge is 0.322 e. The van der Waals surface area contributed by atoms with Gasteiger partial charge in [0, 0.05) is 31.5 Å². The summed E-state index contributed by atoms with van der Waals surface area (Å²) < 4.78 is 29.8. The van der Waals surface area contributed by atoms with Gasteiger partial charge in [0.1, 0.15) is 23.1 Å². The third-order valence-electron chi connectivity index (χ3n) is 5.94. The Bertz CT molecular complexity index is 1140. The van der Waals surface area contributed by atoms with Crippen molar-refractivity contribution < 1.29 is 18.7 Å². The Kier molecular flexibility index (Phi) is 4.93. The van der Waals surface area contributed by atoms with Crippen LogP contribution in [0.5, 0.6) is 0 Å². The van der Waals surface area contributed by atoms with E-state index < -0.39 is 11.6 Å². The molecule has 2 aliphatic rings. The van der Waals surface area contributed by atoms with Crippen LogP contribution >= 0.6 is 0 Å². The number of fused-ring (bicyclic) bond motifs is 1. The van der Waals surface area contributed by atoms with Crippen molar-refractivity contribution in [3.05, 3.63) is 53.9 Å². The average molecular weight is 428 g/mol. The van der Waals surface area contributed by atoms with E-state index in [4.69, 9.17) is 10.1 Å². The first-order valence-electron chi connectivity index (χ1n) is 10.3. The number of carbonyl (C=O) groups excluding carboxylic acids is 1. The molecule has 4 heterocycles. The van der Waals surface area contributed by atoms with Gasteiger partial charge in [0.25, 0.3) is 0 Å². The van der Waals surface area contributed by atoms with Crippen LogP contribution in [0.1, 0.15) is 30.9 Å². The lowest BCUT2D eigenvalue weighted by Crippen LogP contribution is -2.29. The summed E-state index contributed by atoms with van der Waals surface area (Å²) in [6, 6.07) is 4.58. The minimum Gasteiger partial charge on any atom is -0.396 e. The minimum absolute atomic E-state index is 0.0110. The molecule has 1 aromatic carbocycles. The van der Waals surface area contributed by atoms with Crippen LogP contribution in [0.15, 0.2) is 36.7 Å². The van der Waals surface area contributed by atoms with Gasteiger partial charge in [-0.2, -0.15) is 5.10 Å². The van der Waals surface area contributed by atoms with Crippen LogP contribution in [0.25, 0.3) is 5.65 Å². The molecule has 8 nitrogen and oxygen atoms in total. The zero-order chi connectivity index (χ0) is 21.5. The van der Waals surface area contributed by atoms with E-state index >= 15 is 0 Å². The fourth-order valence-corrected chi connectivity index (χ4v) is 4.46. The number of aromatic nitrogens is 3. The molecule has 2 unspecified atom stereocenters. The molecule has 2 amide bonds. The highest BCUT2D eigenvalue weighted by Crippen LogP contribution is 2.37. The molecule has 2 aromatic heterocycles. The lowest BCUT2D eigenvalue weighted by Gasteiger charge is -2.26. The van der Waals surface area contributed by atoms with Gasteiger partial charge in [-0.25, -0.2) is 23.1 Å². The number of nitrogens with one attached hydrogen (secondary N) is 1. The Labute approximate surface area is 177 Å². The number of carbonyl (C=O) groups is 1. The van der Waals surface area contributed by atoms with Gasteiger partial charge < -0.3 is 15.3 Å². The number of halogens is 2. The van der Waals surface area contributed by atoms with Crippen LogP contribution in [0.3, 0.4) is 0 Å². The van der Waals surface area contributed by atoms with Crippen LogP contribution in [0.4, 0.5) is 25.1 Å². The number of rotatable bonds is 5. The molecule has 2 N–H and O–H groups in total. The zero-order valence-corrected chi connectivity index (χ0v) is 16.7. The van der Waals surface area contributed by atoms with Crippen molar-refractivity contribution in [1.82, 2.24) is 19.9 Å². The van der Waals surface area contributed by atoms with Gasteiger partial charge in [-0.3, -0.25) is 4.90 Å². The van der Waals surface area contributed by atoms with Gasteiger partial charge in [0.05, 0.1) is 18.3 Å². The Hall–Kier alpha value is -3.27. The topological polar surface area (TPSA) is 86.0 Å². The van der Waals surface area contributed by atoms with Crippen LogP contribution < -0.4 is 15.1 Å². The van der Waals surface area contributed by atoms with E-state index in [-0.39, 0.29) is 24.7 Å². The van der Waals surface area contributed by atoms with Crippen molar-refractivity contribution in [2.75, 3.05) is 29.5 Å². The molecule has 2 atom stereocenters. The van der Waals surface area contributed by atoms with Gasteiger partial charge in [0.2, 0.25) is 0 Å². The Morgan fingerprint density at radius 2 is 2.13 bits per heavy atom. The van der Waals surface area contributed by atoms with Gasteiger partial charge in [-0.15, -0.1) is 0 Å². The number of urea groups is 1. The molecule has 0 radical (unpaired) electrons. The quantitative estimate of drug-likeness (QED) is 0.653. The first-order valence-corrected chi connectivity index (χ1v) is 10.3. The van der Waals surface area contributed by atoms with E-state index in [2.05, 4.69) is 10.4 Å². The fraction of sp³-hybridized carbons (Fsp3) is 0.381. The number of hydrogen-bond acceptors (Lipinski definition) is 5. The largest absolute Gasteiger partial charge is 0.396 e. The second-order valence-electron chi connectivity index (χ2n) is 7.87. The van der Waals surface area contributed by atoms with Crippen molar-refractivity contribution >= 4 is 23.2 Å². The van der Waals surface area contributed by atoms with E-state index in [9.17, 15) is 13.6 Å². The molecule has 10 heteroatoms. The van der Waals surface area contributed by atoms with Gasteiger partial charge >= 0.3 is 6.03 Å². The lowest BCUT2D eigenvalue weighted by molar-refractivity contribution is 0.247. The first-order chi connectivity index (χ1) is 15.0. The van der Waals surface area contributed by atoms with Crippen LogP contribution in [-0.2, 0) is 0 Å². The predicted molar refractivity (Wildman–Crippen MR) is 110 cm³/mol. The molecule has 5 rings (SSSR count). The summed E-state index contributed by atoms with van der Waals surface area (Å²) in [5, 5.41) is 16.3. The molecular weight excluding hydrogens is 406 g/mol. The highest BCUT2D eigenvalue weighted by Gasteiger charge is 2.33. The molecule has 2 saturated heterocycles. The summed E-state index contributed by atoms with van der Waals surface area (Å²) in [5.41, 5.74) is 1.38. The van der Waals surface area contributed by atoms with Crippen molar-refractivity contribution in [1.29, 1.82) is 0 Å². The molecule has 162 valence electrons. The summed E-state index contributed by atoms with van der Waals surface area (Å²) in [7, 11) is 0. The van der Waals surface area contributed by atoms with Crippen LogP contribution in [0, 0.1) is 11.6 Å². The molecule has 31 heavy (non-hydrogen) atoms. The Morgan fingerprint density at radius 3 is 2.97 bits per heavy atom. The van der Waals surface area contributed by atoms with E-state index in [1.165, 1.54) is 6.07 Å². The summed E-state index contributed by atoms with van der Waals surface area (Å²) >= 11 is 0. The van der Waals surface area contributed by atoms with Crippen molar-refractivity contribution in [3.63, 3.8) is 0 Å². The molecule has 2 aliphatic heterocycles. The molecule has 0 spiro atoms. The highest BCUT2D eigenvalue weighted by molar-refractivity contribution is 5.97. The number of hydrogen-bond donors (Lipinski definition) is 2. The normalized spacial score (nSPS) is 21.3. The molecule has 0 aliphatic carbocycles. The Balaban J connectivity index is 1.49. The van der Waals surface area contributed by atoms with Gasteiger partial charge in [0.15, 0.2) is 5.65 Å². The molecule has 2 fully saturated rings. The average Bonchev–Trinajstić information content (AvgIpc) is 3.47. The number of benzene rings is 1. The van der Waals surface area contributed by atoms with Crippen molar-refractivity contribution in [3.8, 4) is 0 Å². The summed E-state index contributed by atoms with van der Waals surface area (Å²) in [6.45, 7) is 1.06. The number of nitrogens with zero attached hydrogens (tertiary/aromatic N) is 5. The SMILES string of the molecule is O=C1NC(CCO)CN1c1cnn2ccc(N3CCCC3c3cc(F)ccc3F)nc12. The van der Waals surface area contributed by atoms with Crippen molar-refractivity contribution in [2.45, 2.75) is 31.3 Å². The van der Waals surface area contributed by atoms with Crippen LogP contribution in [0.2, 0.25) is 0 Å². The number of aliphatic hydroxyl groups is 1. The molecule has 0 bridgehead atoms. The predicted octanol–water partition coefficient (Wildman–Crippen LogP) is 2.63. The molecular formula is C21H22F2N6O2. The highest BCUT2D eigenvalue weighted by atomic mass is 19.1. The third kappa shape index (κ3) is 3.46. The second kappa shape index (κ2) is 7.77. The zero-order valence-electron chi connectivity index (χ0n) is 16.7. The fourth-order valence-electron chi connectivity index (χ4n) is 4.46. The second-order valence-corrected chi connectivity index (χ2v) is 7.87. The van der Waals surface area contributed by atoms with E-state index in [0.29, 0.717) is 48.6 Å². The first kappa shape index (κ1) is 19.7. The lowest BCUT2D eigenvalue weighted by atomic mass is 10.0. The number of amides is 2. The van der Waals surface area contributed by atoms with Crippen molar-refractivity contribution in [2.24, 2.45) is 0 Å². The monoisotopic (exact) mass is 428 g/mol. The maximum absolute atomic E-state index is 14.4. The minimum atomic E-state index is -0.470. The van der Waals surface area contributed by atoms with E-state index in [1.807, 2.05) is 4.90 Å². The van der Waals surface area contributed by atoms with E-state index in [1.54, 1.807) is 27.9 Å². The Morgan fingerprint density at radius 1 is 1.26 bits per heavy atom. The molecule has 0 saturated carbocycles. The number of anilines is 2. The number of aliphatic hydroxyl groups excluding tert-OH is 1. The summed E-state index contributed by atoms with van der Waals surface area (Å²) in [6.07, 6.45) is 5.32. The summed E-state index contributed by atoms with van der Waals surface area (Å²) in [4.78, 5) is 20.7. The third-order valence-corrected chi connectivity index (χ3v) is 5.94. The van der Waals surface area contributed by atoms with Gasteiger partial charge in [-0.05, 0) is 43.5 Å². The maximum Gasteiger partial charge on any atom is 0.322 e. The van der Waals surface area contributed by atoms with Gasteiger partial charge in [-0.1, -0.05) is 0 Å². The maximum atomic E-state index is 14.4. The standard InChI is InChI=1S/C21H22F2N6O2/c22-13-3-4-16(23)15(10-13)17-2-1-7-27(17)19-5-8-29-20(26-19)18(11-24-29)28-12-14(6-9-30)25-21(28)31/h3-5,8,10-11,14,17,30H,1-2,6-7,9,12H2,(H,25,31). The van der Waals surface area contributed by atoms with Crippen LogP contribution in [-0.4, -0.2) is 51.5 Å². The summed E-state index contributed by atoms with van der Waals surface area (Å²) in [5.74, 6) is -0.290. The van der Waals surface area contributed by atoms with E-state index in [0.717, 1.165) is 18.6 Å².